The molecule has 2 rings (SSSR count). The fraction of sp³-hybridized carbons (Fsp3) is 0.263. The summed E-state index contributed by atoms with van der Waals surface area (Å²) < 4.78 is 14.0. The highest BCUT2D eigenvalue weighted by molar-refractivity contribution is 5.96. The van der Waals surface area contributed by atoms with E-state index in [1.54, 1.807) is 24.3 Å². The van der Waals surface area contributed by atoms with Crippen molar-refractivity contribution in [3.8, 4) is 11.1 Å². The number of carbonyl (C=O) groups is 2. The van der Waals surface area contributed by atoms with E-state index in [9.17, 15) is 14.0 Å². The molecule has 0 radical (unpaired) electrons. The minimum Gasteiger partial charge on any atom is -0.395 e. The molecule has 0 heterocycles. The van der Waals surface area contributed by atoms with Crippen molar-refractivity contribution in [3.63, 3.8) is 0 Å². The van der Waals surface area contributed by atoms with Gasteiger partial charge in [0, 0.05) is 29.8 Å². The molecular weight excluding hydrogens is 309 g/mol. The maximum Gasteiger partial charge on any atom is 0.253 e. The van der Waals surface area contributed by atoms with E-state index in [0.29, 0.717) is 28.8 Å². The van der Waals surface area contributed by atoms with E-state index < -0.39 is 5.82 Å². The van der Waals surface area contributed by atoms with E-state index in [0.717, 1.165) is 0 Å². The average molecular weight is 329 g/mol. The number of hydrogen-bond donors (Lipinski definition) is 1. The van der Waals surface area contributed by atoms with Gasteiger partial charge in [-0.2, -0.15) is 0 Å². The van der Waals surface area contributed by atoms with Crippen molar-refractivity contribution in [3.05, 3.63) is 59.4 Å². The summed E-state index contributed by atoms with van der Waals surface area (Å²) in [5.41, 5.74) is 1.82. The number of halogens is 1. The van der Waals surface area contributed by atoms with Gasteiger partial charge in [0.05, 0.1) is 6.61 Å². The monoisotopic (exact) mass is 329 g/mol. The smallest absolute Gasteiger partial charge is 0.253 e. The van der Waals surface area contributed by atoms with E-state index in [2.05, 4.69) is 0 Å². The summed E-state index contributed by atoms with van der Waals surface area (Å²) in [6, 6.07) is 10.8. The second kappa shape index (κ2) is 7.84. The van der Waals surface area contributed by atoms with E-state index >= 15 is 0 Å². The van der Waals surface area contributed by atoms with Gasteiger partial charge < -0.3 is 10.0 Å². The Morgan fingerprint density at radius 3 is 2.25 bits per heavy atom. The predicted molar refractivity (Wildman–Crippen MR) is 90.5 cm³/mol. The quantitative estimate of drug-likeness (QED) is 0.828. The summed E-state index contributed by atoms with van der Waals surface area (Å²) in [7, 11) is 0. The van der Waals surface area contributed by atoms with Crippen LogP contribution in [0.25, 0.3) is 11.1 Å². The first-order valence-electron chi connectivity index (χ1n) is 7.79. The molecule has 0 aliphatic carbocycles. The number of carbonyl (C=O) groups excluding carboxylic acids is 2. The molecule has 0 aliphatic heterocycles. The van der Waals surface area contributed by atoms with E-state index in [4.69, 9.17) is 5.11 Å². The number of likely N-dealkylation sites (N-methyl/N-ethyl adjacent to an activating group) is 1. The molecule has 0 fully saturated rings. The van der Waals surface area contributed by atoms with Crippen molar-refractivity contribution in [1.29, 1.82) is 0 Å². The Labute approximate surface area is 140 Å². The zero-order valence-corrected chi connectivity index (χ0v) is 13.8. The van der Waals surface area contributed by atoms with E-state index in [1.807, 2.05) is 6.92 Å². The van der Waals surface area contributed by atoms with Gasteiger partial charge in [-0.15, -0.1) is 0 Å². The topological polar surface area (TPSA) is 57.6 Å². The second-order valence-electron chi connectivity index (χ2n) is 5.44. The first kappa shape index (κ1) is 17.8. The van der Waals surface area contributed by atoms with Gasteiger partial charge in [-0.25, -0.2) is 4.39 Å². The summed E-state index contributed by atoms with van der Waals surface area (Å²) in [5, 5.41) is 8.99. The summed E-state index contributed by atoms with van der Waals surface area (Å²) in [6.45, 7) is 3.94. The first-order chi connectivity index (χ1) is 11.5. The Bertz CT molecular complexity index is 741. The molecule has 5 heteroatoms. The van der Waals surface area contributed by atoms with Crippen LogP contribution in [0, 0.1) is 5.82 Å². The number of benzene rings is 2. The largest absolute Gasteiger partial charge is 0.395 e. The fourth-order valence-corrected chi connectivity index (χ4v) is 2.46. The standard InChI is InChI=1S/C19H20FNO3/c1-3-21(10-11-22)19(24)15-6-4-14(5-7-15)17-12-16(13(2)23)8-9-18(17)20/h4-9,12,22H,3,10-11H2,1-2H3. The van der Waals surface area contributed by atoms with Gasteiger partial charge >= 0.3 is 0 Å². The molecule has 1 amide bonds. The Morgan fingerprint density at radius 1 is 1.08 bits per heavy atom. The number of rotatable bonds is 6. The average Bonchev–Trinajstić information content (AvgIpc) is 2.59. The summed E-state index contributed by atoms with van der Waals surface area (Å²) >= 11 is 0. The van der Waals surface area contributed by atoms with Gasteiger partial charge in [0.2, 0.25) is 0 Å². The number of Topliss-reactive ketones (excluding diaryl/α,β-unsaturated/α-hetero) is 1. The van der Waals surface area contributed by atoms with Gasteiger partial charge in [-0.05, 0) is 49.7 Å². The zero-order valence-electron chi connectivity index (χ0n) is 13.8. The third-order valence-electron chi connectivity index (χ3n) is 3.85. The number of nitrogens with zero attached hydrogens (tertiary/aromatic N) is 1. The minimum atomic E-state index is -0.422. The van der Waals surface area contributed by atoms with Crippen LogP contribution in [-0.2, 0) is 0 Å². The lowest BCUT2D eigenvalue weighted by Gasteiger charge is -2.19. The molecule has 24 heavy (non-hydrogen) atoms. The number of aliphatic hydroxyl groups is 1. The molecule has 2 aromatic rings. The van der Waals surface area contributed by atoms with Gasteiger partial charge in [-0.3, -0.25) is 9.59 Å². The lowest BCUT2D eigenvalue weighted by Crippen LogP contribution is -2.33. The van der Waals surface area contributed by atoms with Crippen LogP contribution >= 0.6 is 0 Å². The summed E-state index contributed by atoms with van der Waals surface area (Å²) in [4.78, 5) is 25.3. The van der Waals surface area contributed by atoms with Crippen molar-refractivity contribution >= 4 is 11.7 Å². The van der Waals surface area contributed by atoms with Crippen LogP contribution in [0.3, 0.4) is 0 Å². The highest BCUT2D eigenvalue weighted by Gasteiger charge is 2.14. The molecule has 2 aromatic carbocycles. The SMILES string of the molecule is CCN(CCO)C(=O)c1ccc(-c2cc(C(C)=O)ccc2F)cc1. The molecule has 126 valence electrons. The molecule has 4 nitrogen and oxygen atoms in total. The summed E-state index contributed by atoms with van der Waals surface area (Å²) in [6.07, 6.45) is 0. The van der Waals surface area contributed by atoms with Crippen molar-refractivity contribution in [2.45, 2.75) is 13.8 Å². The Morgan fingerprint density at radius 2 is 1.71 bits per heavy atom. The molecule has 0 aromatic heterocycles. The first-order valence-corrected chi connectivity index (χ1v) is 7.79. The van der Waals surface area contributed by atoms with Crippen LogP contribution in [0.4, 0.5) is 4.39 Å². The molecule has 0 atom stereocenters. The second-order valence-corrected chi connectivity index (χ2v) is 5.44. The van der Waals surface area contributed by atoms with Crippen molar-refractivity contribution in [2.75, 3.05) is 19.7 Å². The Hall–Kier alpha value is -2.53. The lowest BCUT2D eigenvalue weighted by molar-refractivity contribution is 0.0732. The third-order valence-corrected chi connectivity index (χ3v) is 3.85. The molecule has 0 saturated carbocycles. The van der Waals surface area contributed by atoms with Crippen molar-refractivity contribution in [1.82, 2.24) is 4.90 Å². The molecule has 0 spiro atoms. The van der Waals surface area contributed by atoms with Crippen LogP contribution in [0.1, 0.15) is 34.6 Å². The van der Waals surface area contributed by atoms with Crippen LogP contribution in [0.5, 0.6) is 0 Å². The highest BCUT2D eigenvalue weighted by Crippen LogP contribution is 2.25. The number of hydrogen-bond acceptors (Lipinski definition) is 3. The molecule has 0 saturated heterocycles. The van der Waals surface area contributed by atoms with Crippen molar-refractivity contribution < 1.29 is 19.1 Å². The molecule has 0 unspecified atom stereocenters. The number of ketones is 1. The van der Waals surface area contributed by atoms with E-state index in [-0.39, 0.29) is 24.8 Å². The van der Waals surface area contributed by atoms with Gasteiger partial charge in [0.25, 0.3) is 5.91 Å². The fourth-order valence-electron chi connectivity index (χ4n) is 2.46. The van der Waals surface area contributed by atoms with Crippen molar-refractivity contribution in [2.24, 2.45) is 0 Å². The molecule has 0 aliphatic rings. The van der Waals surface area contributed by atoms with Crippen LogP contribution in [0.15, 0.2) is 42.5 Å². The van der Waals surface area contributed by atoms with Crippen LogP contribution in [-0.4, -0.2) is 41.4 Å². The Balaban J connectivity index is 2.31. The maximum atomic E-state index is 14.0. The molecule has 0 bridgehead atoms. The van der Waals surface area contributed by atoms with Gasteiger partial charge in [-0.1, -0.05) is 12.1 Å². The minimum absolute atomic E-state index is 0.0965. The van der Waals surface area contributed by atoms with Gasteiger partial charge in [0.1, 0.15) is 5.82 Å². The van der Waals surface area contributed by atoms with Crippen LogP contribution in [0.2, 0.25) is 0 Å². The lowest BCUT2D eigenvalue weighted by atomic mass is 9.99. The Kier molecular flexibility index (Phi) is 5.82. The zero-order chi connectivity index (χ0) is 17.7. The highest BCUT2D eigenvalue weighted by atomic mass is 19.1. The maximum absolute atomic E-state index is 14.0. The third kappa shape index (κ3) is 3.86. The normalized spacial score (nSPS) is 10.5. The molecular formula is C19H20FNO3. The number of amides is 1. The predicted octanol–water partition coefficient (Wildman–Crippen LogP) is 3.15. The molecule has 1 N–H and O–H groups in total. The van der Waals surface area contributed by atoms with E-state index in [1.165, 1.54) is 30.0 Å². The summed E-state index contributed by atoms with van der Waals surface area (Å²) in [5.74, 6) is -0.740. The number of aliphatic hydroxyl groups excluding tert-OH is 1. The van der Waals surface area contributed by atoms with Crippen LogP contribution < -0.4 is 0 Å². The van der Waals surface area contributed by atoms with Gasteiger partial charge in [0.15, 0.2) is 5.78 Å².